The second-order valence-electron chi connectivity index (χ2n) is 3.55. The summed E-state index contributed by atoms with van der Waals surface area (Å²) in [6.45, 7) is 2.23. The molecule has 1 rings (SSSR count). The van der Waals surface area contributed by atoms with Crippen molar-refractivity contribution < 1.29 is 0 Å². The molecule has 0 heterocycles. The Morgan fingerprint density at radius 1 is 1.43 bits per heavy atom. The molecule has 0 aromatic heterocycles. The Morgan fingerprint density at radius 2 is 2.21 bits per heavy atom. The van der Waals surface area contributed by atoms with E-state index in [-0.39, 0.29) is 0 Å². The van der Waals surface area contributed by atoms with Gasteiger partial charge in [-0.15, -0.1) is 0 Å². The molecule has 0 spiro atoms. The smallest absolute Gasteiger partial charge is 0.0408 e. The molecule has 0 N–H and O–H groups in total. The van der Waals surface area contributed by atoms with Crippen molar-refractivity contribution in [1.29, 1.82) is 0 Å². The van der Waals surface area contributed by atoms with Gasteiger partial charge in [-0.3, -0.25) is 0 Å². The van der Waals surface area contributed by atoms with Crippen LogP contribution in [0, 0.1) is 0 Å². The molecule has 0 bridgehead atoms. The number of unbranched alkanes of at least 4 members (excludes halogenated alkanes) is 1. The van der Waals surface area contributed by atoms with Crippen LogP contribution in [-0.2, 0) is 0 Å². The van der Waals surface area contributed by atoms with Gasteiger partial charge in [0.2, 0.25) is 0 Å². The summed E-state index contributed by atoms with van der Waals surface area (Å²) in [5.74, 6) is 0.605. The molecule has 0 saturated carbocycles. The minimum Gasteiger partial charge on any atom is -0.0921 e. The van der Waals surface area contributed by atoms with E-state index in [1.807, 2.05) is 12.1 Å². The van der Waals surface area contributed by atoms with E-state index >= 15 is 0 Å². The molecule has 1 unspecified atom stereocenters. The van der Waals surface area contributed by atoms with Gasteiger partial charge in [-0.25, -0.2) is 0 Å². The summed E-state index contributed by atoms with van der Waals surface area (Å²) in [5.41, 5.74) is 1.35. The van der Waals surface area contributed by atoms with Gasteiger partial charge in [0.15, 0.2) is 0 Å². The summed E-state index contributed by atoms with van der Waals surface area (Å²) in [7, 11) is 0. The molecule has 0 aliphatic carbocycles. The minimum atomic E-state index is 0.605. The van der Waals surface area contributed by atoms with Crippen LogP contribution < -0.4 is 0 Å². The highest BCUT2D eigenvalue weighted by Crippen LogP contribution is 2.26. The molecular weight excluding hydrogens is 259 g/mol. The fourth-order valence-corrected chi connectivity index (χ4v) is 2.44. The van der Waals surface area contributed by atoms with Crippen molar-refractivity contribution in [2.45, 2.75) is 32.1 Å². The lowest BCUT2D eigenvalue weighted by Crippen LogP contribution is -1.99. The maximum atomic E-state index is 5.96. The highest BCUT2D eigenvalue weighted by molar-refractivity contribution is 9.09. The second kappa shape index (κ2) is 6.47. The lowest BCUT2D eigenvalue weighted by Gasteiger charge is -2.13. The minimum absolute atomic E-state index is 0.605. The van der Waals surface area contributed by atoms with Crippen LogP contribution in [0.25, 0.3) is 0 Å². The maximum absolute atomic E-state index is 5.96. The molecule has 1 aromatic rings. The predicted molar refractivity (Wildman–Crippen MR) is 67.5 cm³/mol. The molecule has 0 nitrogen and oxygen atoms in total. The van der Waals surface area contributed by atoms with E-state index < -0.39 is 0 Å². The van der Waals surface area contributed by atoms with Gasteiger partial charge in [-0.1, -0.05) is 59.4 Å². The molecule has 1 aromatic carbocycles. The molecule has 78 valence electrons. The predicted octanol–water partition coefficient (Wildman–Crippen LogP) is 5.01. The van der Waals surface area contributed by atoms with Crippen molar-refractivity contribution in [3.63, 3.8) is 0 Å². The Balaban J connectivity index is 2.68. The van der Waals surface area contributed by atoms with Gasteiger partial charge in [0.25, 0.3) is 0 Å². The molecule has 2 heteroatoms. The van der Waals surface area contributed by atoms with Gasteiger partial charge >= 0.3 is 0 Å². The Bertz CT molecular complexity index is 273. The zero-order chi connectivity index (χ0) is 10.4. The van der Waals surface area contributed by atoms with Crippen molar-refractivity contribution in [2.24, 2.45) is 0 Å². The summed E-state index contributed by atoms with van der Waals surface area (Å²) in [6, 6.07) is 8.19. The number of benzene rings is 1. The first kappa shape index (κ1) is 12.1. The molecule has 0 aliphatic heterocycles. The fraction of sp³-hybridized carbons (Fsp3) is 0.500. The number of rotatable bonds is 5. The number of hydrogen-bond donors (Lipinski definition) is 0. The first-order valence-corrected chi connectivity index (χ1v) is 6.59. The zero-order valence-corrected chi connectivity index (χ0v) is 10.8. The molecule has 0 saturated heterocycles. The van der Waals surface area contributed by atoms with Crippen LogP contribution in [0.2, 0.25) is 5.02 Å². The van der Waals surface area contributed by atoms with Crippen molar-refractivity contribution in [2.75, 3.05) is 5.33 Å². The van der Waals surface area contributed by atoms with E-state index in [1.165, 1.54) is 24.8 Å². The van der Waals surface area contributed by atoms with E-state index in [0.29, 0.717) is 5.92 Å². The average Bonchev–Trinajstić information content (AvgIpc) is 2.19. The summed E-state index contributed by atoms with van der Waals surface area (Å²) in [5, 5.41) is 1.86. The van der Waals surface area contributed by atoms with Crippen LogP contribution in [0.4, 0.5) is 0 Å². The zero-order valence-electron chi connectivity index (χ0n) is 8.47. The van der Waals surface area contributed by atoms with Gasteiger partial charge in [0.1, 0.15) is 0 Å². The highest BCUT2D eigenvalue weighted by atomic mass is 79.9. The Hall–Kier alpha value is -0.0100. The number of halogens is 2. The summed E-state index contributed by atoms with van der Waals surface area (Å²) in [4.78, 5) is 0. The van der Waals surface area contributed by atoms with Gasteiger partial charge in [0.05, 0.1) is 0 Å². The van der Waals surface area contributed by atoms with Gasteiger partial charge in [-0.2, -0.15) is 0 Å². The van der Waals surface area contributed by atoms with Gasteiger partial charge in [0, 0.05) is 10.4 Å². The number of alkyl halides is 1. The maximum Gasteiger partial charge on any atom is 0.0408 e. The fourth-order valence-electron chi connectivity index (χ4n) is 1.54. The monoisotopic (exact) mass is 274 g/mol. The quantitative estimate of drug-likeness (QED) is 0.663. The molecule has 0 radical (unpaired) electrons. The normalized spacial score (nSPS) is 12.8. The van der Waals surface area contributed by atoms with Crippen LogP contribution in [0.5, 0.6) is 0 Å². The standard InChI is InChI=1S/C12H16BrCl/c1-2-3-5-11(9-13)10-6-4-7-12(14)8-10/h4,6-8,11H,2-3,5,9H2,1H3. The SMILES string of the molecule is CCCCC(CBr)c1cccc(Cl)c1. The summed E-state index contributed by atoms with van der Waals surface area (Å²) < 4.78 is 0. The topological polar surface area (TPSA) is 0 Å². The van der Waals surface area contributed by atoms with Crippen LogP contribution >= 0.6 is 27.5 Å². The van der Waals surface area contributed by atoms with Crippen LogP contribution in [0.15, 0.2) is 24.3 Å². The molecular formula is C12H16BrCl. The highest BCUT2D eigenvalue weighted by Gasteiger charge is 2.09. The molecule has 0 aliphatic rings. The van der Waals surface area contributed by atoms with E-state index in [1.54, 1.807) is 0 Å². The van der Waals surface area contributed by atoms with Crippen LogP contribution in [-0.4, -0.2) is 5.33 Å². The van der Waals surface area contributed by atoms with E-state index in [4.69, 9.17) is 11.6 Å². The average molecular weight is 276 g/mol. The summed E-state index contributed by atoms with van der Waals surface area (Å²) >= 11 is 9.53. The Morgan fingerprint density at radius 3 is 2.79 bits per heavy atom. The van der Waals surface area contributed by atoms with Crippen molar-refractivity contribution in [3.05, 3.63) is 34.9 Å². The van der Waals surface area contributed by atoms with E-state index in [2.05, 4.69) is 35.0 Å². The first-order chi connectivity index (χ1) is 6.77. The summed E-state index contributed by atoms with van der Waals surface area (Å²) in [6.07, 6.45) is 3.77. The molecule has 0 fully saturated rings. The van der Waals surface area contributed by atoms with Crippen molar-refractivity contribution >= 4 is 27.5 Å². The Labute approximate surface area is 99.8 Å². The third kappa shape index (κ3) is 3.62. The Kier molecular flexibility index (Phi) is 5.57. The van der Waals surface area contributed by atoms with Crippen LogP contribution in [0.3, 0.4) is 0 Å². The van der Waals surface area contributed by atoms with Gasteiger partial charge in [-0.05, 0) is 30.0 Å². The first-order valence-electron chi connectivity index (χ1n) is 5.09. The molecule has 14 heavy (non-hydrogen) atoms. The van der Waals surface area contributed by atoms with E-state index in [9.17, 15) is 0 Å². The van der Waals surface area contributed by atoms with Crippen molar-refractivity contribution in [3.8, 4) is 0 Å². The third-order valence-corrected chi connectivity index (χ3v) is 3.43. The van der Waals surface area contributed by atoms with Gasteiger partial charge < -0.3 is 0 Å². The largest absolute Gasteiger partial charge is 0.0921 e. The molecule has 1 atom stereocenters. The second-order valence-corrected chi connectivity index (χ2v) is 4.63. The molecule has 0 amide bonds. The van der Waals surface area contributed by atoms with E-state index in [0.717, 1.165) is 10.4 Å². The number of hydrogen-bond acceptors (Lipinski definition) is 0. The lowest BCUT2D eigenvalue weighted by atomic mass is 9.96. The third-order valence-electron chi connectivity index (χ3n) is 2.41. The van der Waals surface area contributed by atoms with Crippen LogP contribution in [0.1, 0.15) is 37.7 Å². The van der Waals surface area contributed by atoms with Crippen molar-refractivity contribution in [1.82, 2.24) is 0 Å². The lowest BCUT2D eigenvalue weighted by molar-refractivity contribution is 0.633.